The van der Waals surface area contributed by atoms with Crippen LogP contribution in [0.15, 0.2) is 24.3 Å². The monoisotopic (exact) mass is 270 g/mol. The Bertz CT molecular complexity index is 444. The number of benzene rings is 1. The van der Waals surface area contributed by atoms with Gasteiger partial charge in [-0.25, -0.2) is 4.39 Å². The predicted octanol–water partition coefficient (Wildman–Crippen LogP) is 1.12. The van der Waals surface area contributed by atoms with Crippen molar-refractivity contribution < 1.29 is 9.18 Å². The van der Waals surface area contributed by atoms with Crippen LogP contribution in [-0.4, -0.2) is 25.0 Å². The number of nitrogens with one attached hydrogen (secondary N) is 2. The highest BCUT2D eigenvalue weighted by Crippen LogP contribution is 2.41. The fraction of sp³-hybridized carbons (Fsp3) is 0.462. The summed E-state index contributed by atoms with van der Waals surface area (Å²) in [6, 6.07) is 6.74. The zero-order valence-electron chi connectivity index (χ0n) is 9.86. The summed E-state index contributed by atoms with van der Waals surface area (Å²) in [5.74, 6) is 0.814. The molecule has 2 N–H and O–H groups in total. The standard InChI is InChI=1S/C13H15FN2O.ClH/c14-11-4-2-1-3-8(11)5-12(17)16-13-9-6-15-7-10(9)13;/h1-4,9-10,13,15H,5-7H2,(H,16,17);1H. The lowest BCUT2D eigenvalue weighted by molar-refractivity contribution is -0.120. The minimum absolute atomic E-state index is 0. The first-order chi connectivity index (χ1) is 8.25. The normalized spacial score (nSPS) is 28.2. The highest BCUT2D eigenvalue weighted by atomic mass is 35.5. The maximum absolute atomic E-state index is 13.3. The summed E-state index contributed by atoms with van der Waals surface area (Å²) in [5.41, 5.74) is 0.467. The summed E-state index contributed by atoms with van der Waals surface area (Å²) >= 11 is 0. The summed E-state index contributed by atoms with van der Waals surface area (Å²) in [7, 11) is 0. The van der Waals surface area contributed by atoms with Crippen molar-refractivity contribution >= 4 is 18.3 Å². The van der Waals surface area contributed by atoms with Crippen LogP contribution in [0.2, 0.25) is 0 Å². The molecule has 1 heterocycles. The van der Waals surface area contributed by atoms with E-state index < -0.39 is 0 Å². The van der Waals surface area contributed by atoms with E-state index in [0.717, 1.165) is 13.1 Å². The second-order valence-electron chi connectivity index (χ2n) is 4.85. The summed E-state index contributed by atoms with van der Waals surface area (Å²) in [6.45, 7) is 1.99. The predicted molar refractivity (Wildman–Crippen MR) is 69.1 cm³/mol. The van der Waals surface area contributed by atoms with Crippen LogP contribution in [0, 0.1) is 17.7 Å². The molecule has 1 amide bonds. The van der Waals surface area contributed by atoms with Crippen LogP contribution in [0.4, 0.5) is 4.39 Å². The lowest BCUT2D eigenvalue weighted by atomic mass is 10.1. The lowest BCUT2D eigenvalue weighted by Crippen LogP contribution is -2.33. The van der Waals surface area contributed by atoms with Crippen molar-refractivity contribution in [1.29, 1.82) is 0 Å². The smallest absolute Gasteiger partial charge is 0.224 e. The molecule has 2 atom stereocenters. The SMILES string of the molecule is Cl.O=C(Cc1ccccc1F)NC1C2CNCC21. The third-order valence-electron chi connectivity index (χ3n) is 3.73. The average molecular weight is 271 g/mol. The van der Waals surface area contributed by atoms with Crippen LogP contribution in [0.5, 0.6) is 0 Å². The molecule has 2 fully saturated rings. The van der Waals surface area contributed by atoms with Gasteiger partial charge in [0.2, 0.25) is 5.91 Å². The summed E-state index contributed by atoms with van der Waals surface area (Å²) in [5, 5.41) is 6.26. The molecule has 98 valence electrons. The van der Waals surface area contributed by atoms with E-state index in [1.54, 1.807) is 18.2 Å². The summed E-state index contributed by atoms with van der Waals surface area (Å²) < 4.78 is 13.3. The van der Waals surface area contributed by atoms with Crippen LogP contribution in [-0.2, 0) is 11.2 Å². The Kier molecular flexibility index (Phi) is 3.88. The van der Waals surface area contributed by atoms with Gasteiger partial charge >= 0.3 is 0 Å². The number of carbonyl (C=O) groups is 1. The quantitative estimate of drug-likeness (QED) is 0.864. The van der Waals surface area contributed by atoms with Gasteiger partial charge in [-0.15, -0.1) is 12.4 Å². The second-order valence-corrected chi connectivity index (χ2v) is 4.85. The van der Waals surface area contributed by atoms with Crippen molar-refractivity contribution in [2.45, 2.75) is 12.5 Å². The Hall–Kier alpha value is -1.13. The van der Waals surface area contributed by atoms with Gasteiger partial charge in [-0.05, 0) is 23.5 Å². The maximum Gasteiger partial charge on any atom is 0.224 e. The zero-order valence-corrected chi connectivity index (χ0v) is 10.7. The number of rotatable bonds is 3. The van der Waals surface area contributed by atoms with E-state index in [0.29, 0.717) is 23.4 Å². The van der Waals surface area contributed by atoms with E-state index in [4.69, 9.17) is 0 Å². The molecule has 3 rings (SSSR count). The van der Waals surface area contributed by atoms with Gasteiger partial charge in [0.05, 0.1) is 6.42 Å². The molecule has 2 aliphatic rings. The molecule has 5 heteroatoms. The Labute approximate surface area is 112 Å². The average Bonchev–Trinajstić information content (AvgIpc) is 2.76. The molecule has 18 heavy (non-hydrogen) atoms. The maximum atomic E-state index is 13.3. The third kappa shape index (κ3) is 2.49. The molecule has 0 bridgehead atoms. The number of fused-ring (bicyclic) bond motifs is 1. The van der Waals surface area contributed by atoms with Gasteiger partial charge in [-0.2, -0.15) is 0 Å². The minimum atomic E-state index is -0.305. The lowest BCUT2D eigenvalue weighted by Gasteiger charge is -2.08. The van der Waals surface area contributed by atoms with Crippen molar-refractivity contribution in [1.82, 2.24) is 10.6 Å². The molecular formula is C13H16ClFN2O. The van der Waals surface area contributed by atoms with E-state index in [1.807, 2.05) is 0 Å². The second kappa shape index (κ2) is 5.24. The molecule has 0 aromatic heterocycles. The topological polar surface area (TPSA) is 41.1 Å². The summed E-state index contributed by atoms with van der Waals surface area (Å²) in [6.07, 6.45) is 0.135. The first-order valence-electron chi connectivity index (χ1n) is 5.99. The van der Waals surface area contributed by atoms with Gasteiger partial charge < -0.3 is 10.6 Å². The van der Waals surface area contributed by atoms with E-state index in [-0.39, 0.29) is 30.6 Å². The van der Waals surface area contributed by atoms with Crippen LogP contribution >= 0.6 is 12.4 Å². The molecular weight excluding hydrogens is 255 g/mol. The molecule has 1 aromatic carbocycles. The molecule has 3 nitrogen and oxygen atoms in total. The Morgan fingerprint density at radius 3 is 2.67 bits per heavy atom. The summed E-state index contributed by atoms with van der Waals surface area (Å²) in [4.78, 5) is 11.7. The number of halogens is 2. The van der Waals surface area contributed by atoms with Crippen molar-refractivity contribution in [3.8, 4) is 0 Å². The van der Waals surface area contributed by atoms with Crippen LogP contribution in [0.25, 0.3) is 0 Å². The molecule has 1 aliphatic carbocycles. The number of amides is 1. The van der Waals surface area contributed by atoms with Crippen molar-refractivity contribution in [3.63, 3.8) is 0 Å². The van der Waals surface area contributed by atoms with Crippen LogP contribution in [0.1, 0.15) is 5.56 Å². The van der Waals surface area contributed by atoms with Gasteiger partial charge in [0.15, 0.2) is 0 Å². The van der Waals surface area contributed by atoms with Gasteiger partial charge in [-0.3, -0.25) is 4.79 Å². The van der Waals surface area contributed by atoms with E-state index in [1.165, 1.54) is 6.07 Å². The largest absolute Gasteiger partial charge is 0.352 e. The number of hydrogen-bond acceptors (Lipinski definition) is 2. The van der Waals surface area contributed by atoms with Gasteiger partial charge in [0, 0.05) is 19.1 Å². The Morgan fingerprint density at radius 1 is 1.33 bits per heavy atom. The molecule has 0 radical (unpaired) electrons. The van der Waals surface area contributed by atoms with Gasteiger partial charge in [0.1, 0.15) is 5.82 Å². The molecule has 1 saturated heterocycles. The number of carbonyl (C=O) groups excluding carboxylic acids is 1. The first kappa shape index (κ1) is 13.3. The molecule has 1 aromatic rings. The van der Waals surface area contributed by atoms with Gasteiger partial charge in [0.25, 0.3) is 0 Å². The van der Waals surface area contributed by atoms with Crippen molar-refractivity contribution in [2.24, 2.45) is 11.8 Å². The molecule has 1 aliphatic heterocycles. The highest BCUT2D eigenvalue weighted by molar-refractivity contribution is 5.85. The van der Waals surface area contributed by atoms with E-state index >= 15 is 0 Å². The third-order valence-corrected chi connectivity index (χ3v) is 3.73. The van der Waals surface area contributed by atoms with Crippen LogP contribution < -0.4 is 10.6 Å². The molecule has 2 unspecified atom stereocenters. The fourth-order valence-electron chi connectivity index (χ4n) is 2.68. The molecule has 0 spiro atoms. The highest BCUT2D eigenvalue weighted by Gasteiger charge is 2.53. The fourth-order valence-corrected chi connectivity index (χ4v) is 2.68. The Balaban J connectivity index is 0.00000120. The Morgan fingerprint density at radius 2 is 2.00 bits per heavy atom. The minimum Gasteiger partial charge on any atom is -0.352 e. The molecule has 1 saturated carbocycles. The van der Waals surface area contributed by atoms with Crippen molar-refractivity contribution in [3.05, 3.63) is 35.6 Å². The number of piperidine rings is 1. The van der Waals surface area contributed by atoms with Gasteiger partial charge in [-0.1, -0.05) is 18.2 Å². The first-order valence-corrected chi connectivity index (χ1v) is 5.99. The zero-order chi connectivity index (χ0) is 11.8. The number of hydrogen-bond donors (Lipinski definition) is 2. The van der Waals surface area contributed by atoms with Crippen molar-refractivity contribution in [2.75, 3.05) is 13.1 Å². The van der Waals surface area contributed by atoms with Crippen LogP contribution in [0.3, 0.4) is 0 Å². The van der Waals surface area contributed by atoms with E-state index in [2.05, 4.69) is 10.6 Å². The van der Waals surface area contributed by atoms with E-state index in [9.17, 15) is 9.18 Å².